The van der Waals surface area contributed by atoms with E-state index in [4.69, 9.17) is 0 Å². The van der Waals surface area contributed by atoms with Crippen LogP contribution in [0.5, 0.6) is 0 Å². The number of alkyl halides is 6. The number of benzene rings is 1. The van der Waals surface area contributed by atoms with Gasteiger partial charge in [-0.25, -0.2) is 0 Å². The topological polar surface area (TPSA) is 95.7 Å². The third-order valence-electron chi connectivity index (χ3n) is 10.3. The average molecular weight is 616 g/mol. The third-order valence-corrected chi connectivity index (χ3v) is 10.3. The number of aliphatic hydroxyl groups is 1. The minimum absolute atomic E-state index is 0.000164. The number of hydrogen-bond donors (Lipinski definition) is 2. The number of aliphatic carboxylic acids is 1. The van der Waals surface area contributed by atoms with Crippen LogP contribution in [0.3, 0.4) is 0 Å². The molecule has 1 aromatic heterocycles. The van der Waals surface area contributed by atoms with E-state index in [0.29, 0.717) is 12.8 Å². The predicted molar refractivity (Wildman–Crippen MR) is 142 cm³/mol. The second kappa shape index (κ2) is 10.5. The molecule has 0 bridgehead atoms. The monoisotopic (exact) mass is 615 g/mol. The molecule has 3 saturated carbocycles. The molecule has 4 atom stereocenters. The summed E-state index contributed by atoms with van der Waals surface area (Å²) in [6.45, 7) is 5.04. The second-order valence-electron chi connectivity index (χ2n) is 13.2. The second-order valence-corrected chi connectivity index (χ2v) is 13.2. The van der Waals surface area contributed by atoms with Crippen molar-refractivity contribution in [1.29, 1.82) is 0 Å². The Morgan fingerprint density at radius 2 is 1.60 bits per heavy atom. The Kier molecular flexibility index (Phi) is 7.67. The number of rotatable bonds is 7. The lowest BCUT2D eigenvalue weighted by molar-refractivity contribution is -0.152. The summed E-state index contributed by atoms with van der Waals surface area (Å²) in [5.41, 5.74) is -4.64. The molecule has 7 nitrogen and oxygen atoms in total. The van der Waals surface area contributed by atoms with Gasteiger partial charge in [0.2, 0.25) is 0 Å². The SMILES string of the molecule is CC1(C)[C@@H]2C[C@@H](N(CC(O)c3ccccc3C(F)(F)F)C(=O)c3cnn([C@H]4CC[C@](C)(C(=O)O)CC4)c3C(F)(F)F)C[C@@H]21. The first-order valence-electron chi connectivity index (χ1n) is 14.4. The van der Waals surface area contributed by atoms with Gasteiger partial charge in [0.15, 0.2) is 5.69 Å². The van der Waals surface area contributed by atoms with Crippen LogP contribution in [-0.4, -0.2) is 49.4 Å². The Morgan fingerprint density at radius 1 is 1.02 bits per heavy atom. The number of nitrogens with zero attached hydrogens (tertiary/aromatic N) is 3. The quantitative estimate of drug-likeness (QED) is 0.337. The van der Waals surface area contributed by atoms with Crippen LogP contribution in [0, 0.1) is 22.7 Å². The van der Waals surface area contributed by atoms with Crippen molar-refractivity contribution in [2.75, 3.05) is 6.54 Å². The lowest BCUT2D eigenvalue weighted by Gasteiger charge is -2.35. The van der Waals surface area contributed by atoms with Gasteiger partial charge in [-0.1, -0.05) is 32.0 Å². The molecule has 1 aromatic carbocycles. The van der Waals surface area contributed by atoms with Crippen molar-refractivity contribution in [3.05, 3.63) is 52.8 Å². The Balaban J connectivity index is 1.48. The van der Waals surface area contributed by atoms with Gasteiger partial charge in [-0.15, -0.1) is 0 Å². The van der Waals surface area contributed by atoms with Crippen LogP contribution >= 0.6 is 0 Å². The number of hydrogen-bond acceptors (Lipinski definition) is 4. The number of fused-ring (bicyclic) bond motifs is 1. The number of halogens is 6. The van der Waals surface area contributed by atoms with Gasteiger partial charge in [-0.3, -0.25) is 14.3 Å². The van der Waals surface area contributed by atoms with E-state index < -0.39 is 76.8 Å². The molecule has 2 N–H and O–H groups in total. The molecule has 1 heterocycles. The van der Waals surface area contributed by atoms with Gasteiger partial charge in [0.1, 0.15) is 0 Å². The lowest BCUT2D eigenvalue weighted by atomic mass is 9.74. The molecule has 3 aliphatic carbocycles. The van der Waals surface area contributed by atoms with Gasteiger partial charge >= 0.3 is 18.3 Å². The van der Waals surface area contributed by atoms with Crippen molar-refractivity contribution in [3.8, 4) is 0 Å². The molecule has 0 aliphatic heterocycles. The average Bonchev–Trinajstić information content (AvgIpc) is 3.35. The molecule has 236 valence electrons. The zero-order valence-electron chi connectivity index (χ0n) is 24.0. The Bertz CT molecular complexity index is 1380. The van der Waals surface area contributed by atoms with Gasteiger partial charge in [0.25, 0.3) is 5.91 Å². The van der Waals surface area contributed by atoms with Crippen LogP contribution in [0.15, 0.2) is 30.5 Å². The van der Waals surface area contributed by atoms with Crippen LogP contribution in [0.25, 0.3) is 0 Å². The van der Waals surface area contributed by atoms with E-state index in [1.165, 1.54) is 12.1 Å². The maximum absolute atomic E-state index is 14.6. The highest BCUT2D eigenvalue weighted by Gasteiger charge is 2.63. The number of amides is 1. The van der Waals surface area contributed by atoms with Crippen molar-refractivity contribution in [2.45, 2.75) is 89.8 Å². The summed E-state index contributed by atoms with van der Waals surface area (Å²) in [7, 11) is 0. The molecular formula is C30H35F6N3O4. The van der Waals surface area contributed by atoms with Crippen LogP contribution in [0.4, 0.5) is 26.3 Å². The first kappa shape index (κ1) is 31.3. The zero-order chi connectivity index (χ0) is 31.7. The first-order valence-corrected chi connectivity index (χ1v) is 14.4. The maximum atomic E-state index is 14.6. The van der Waals surface area contributed by atoms with Crippen molar-refractivity contribution in [2.24, 2.45) is 22.7 Å². The van der Waals surface area contributed by atoms with E-state index in [-0.39, 0.29) is 42.9 Å². The van der Waals surface area contributed by atoms with Crippen LogP contribution in [0.1, 0.15) is 98.6 Å². The van der Waals surface area contributed by atoms with E-state index in [9.17, 15) is 46.1 Å². The normalized spacial score (nSPS) is 29.2. The van der Waals surface area contributed by atoms with E-state index >= 15 is 0 Å². The number of carbonyl (C=O) groups excluding carboxylic acids is 1. The molecule has 0 spiro atoms. The standard InChI is InChI=1S/C30H35F6N3O4/c1-27(2)21-12-17(13-22(21)27)38(15-23(40)18-6-4-5-7-20(18)29(31,32)33)25(41)19-14-37-39(24(19)30(34,35)36)16-8-10-28(3,11-9-16)26(42)43/h4-7,14,16-17,21-23,40H,8-13,15H2,1-3H3,(H,42,43)/t16-,17-,21-,22+,23?,28-. The summed E-state index contributed by atoms with van der Waals surface area (Å²) >= 11 is 0. The van der Waals surface area contributed by atoms with Crippen molar-refractivity contribution < 1.29 is 46.1 Å². The van der Waals surface area contributed by atoms with E-state index in [1.54, 1.807) is 6.92 Å². The van der Waals surface area contributed by atoms with E-state index in [0.717, 1.165) is 27.9 Å². The van der Waals surface area contributed by atoms with Crippen molar-refractivity contribution in [3.63, 3.8) is 0 Å². The highest BCUT2D eigenvalue weighted by molar-refractivity contribution is 5.95. The number of aromatic nitrogens is 2. The predicted octanol–water partition coefficient (Wildman–Crippen LogP) is 6.74. The summed E-state index contributed by atoms with van der Waals surface area (Å²) in [5, 5.41) is 24.5. The highest BCUT2D eigenvalue weighted by atomic mass is 19.4. The van der Waals surface area contributed by atoms with E-state index in [2.05, 4.69) is 18.9 Å². The smallest absolute Gasteiger partial charge is 0.433 e. The molecule has 5 rings (SSSR count). The van der Waals surface area contributed by atoms with Gasteiger partial charge in [-0.05, 0) is 74.3 Å². The van der Waals surface area contributed by atoms with Gasteiger partial charge in [-0.2, -0.15) is 31.4 Å². The van der Waals surface area contributed by atoms with Gasteiger partial charge in [0, 0.05) is 6.04 Å². The van der Waals surface area contributed by atoms with Crippen LogP contribution < -0.4 is 0 Å². The number of carboxylic acids is 1. The molecule has 13 heteroatoms. The molecule has 3 aliphatic rings. The fraction of sp³-hybridized carbons (Fsp3) is 0.633. The molecule has 0 saturated heterocycles. The summed E-state index contributed by atoms with van der Waals surface area (Å²) in [6, 6.07) is 3.03. The van der Waals surface area contributed by atoms with Crippen LogP contribution in [0.2, 0.25) is 0 Å². The zero-order valence-corrected chi connectivity index (χ0v) is 24.0. The van der Waals surface area contributed by atoms with Crippen LogP contribution in [-0.2, 0) is 17.1 Å². The molecule has 43 heavy (non-hydrogen) atoms. The minimum atomic E-state index is -5.00. The Morgan fingerprint density at radius 3 is 2.14 bits per heavy atom. The molecular weight excluding hydrogens is 580 g/mol. The number of aliphatic hydroxyl groups excluding tert-OH is 1. The summed E-state index contributed by atoms with van der Waals surface area (Å²) in [6.07, 6.45) is -9.35. The summed E-state index contributed by atoms with van der Waals surface area (Å²) < 4.78 is 85.6. The van der Waals surface area contributed by atoms with E-state index in [1.807, 2.05) is 0 Å². The fourth-order valence-corrected chi connectivity index (χ4v) is 7.39. The first-order chi connectivity index (χ1) is 19.9. The number of carboxylic acid groups (broad SMARTS) is 1. The molecule has 3 fully saturated rings. The summed E-state index contributed by atoms with van der Waals surface area (Å²) in [5.74, 6) is -1.67. The van der Waals surface area contributed by atoms with Gasteiger partial charge < -0.3 is 15.1 Å². The molecule has 1 unspecified atom stereocenters. The van der Waals surface area contributed by atoms with Crippen molar-refractivity contribution in [1.82, 2.24) is 14.7 Å². The Hall–Kier alpha value is -3.09. The molecule has 2 aromatic rings. The maximum Gasteiger partial charge on any atom is 0.433 e. The molecule has 0 radical (unpaired) electrons. The number of carbonyl (C=O) groups is 2. The third kappa shape index (κ3) is 5.64. The summed E-state index contributed by atoms with van der Waals surface area (Å²) in [4.78, 5) is 26.7. The lowest BCUT2D eigenvalue weighted by Crippen LogP contribution is -2.43. The fourth-order valence-electron chi connectivity index (χ4n) is 7.39. The largest absolute Gasteiger partial charge is 0.481 e. The minimum Gasteiger partial charge on any atom is -0.481 e. The molecule has 1 amide bonds. The Labute approximate surface area is 244 Å². The highest BCUT2D eigenvalue weighted by Crippen LogP contribution is 2.67. The van der Waals surface area contributed by atoms with Gasteiger partial charge in [0.05, 0.1) is 41.4 Å². The van der Waals surface area contributed by atoms with Crippen molar-refractivity contribution >= 4 is 11.9 Å².